The van der Waals surface area contributed by atoms with Crippen molar-refractivity contribution in [2.45, 2.75) is 19.8 Å². The topological polar surface area (TPSA) is 61.4 Å². The molecule has 170 valence electrons. The number of piperazine rings is 1. The Morgan fingerprint density at radius 3 is 2.30 bits per heavy atom. The van der Waals surface area contributed by atoms with Crippen LogP contribution in [0, 0.1) is 11.7 Å². The lowest BCUT2D eigenvalue weighted by molar-refractivity contribution is 0.0952. The molecule has 5 rings (SSSR count). The van der Waals surface area contributed by atoms with Gasteiger partial charge in [0.1, 0.15) is 11.6 Å². The van der Waals surface area contributed by atoms with E-state index < -0.39 is 0 Å². The number of aromatic nitrogens is 2. The van der Waals surface area contributed by atoms with E-state index in [1.165, 1.54) is 12.1 Å². The minimum Gasteiger partial charge on any atom is -0.368 e. The van der Waals surface area contributed by atoms with Crippen LogP contribution in [0.4, 0.5) is 27.5 Å². The smallest absolute Gasteiger partial charge is 0.227 e. The number of Topliss-reactive ketones (excluding diaryl/α,β-unsaturated/α-hetero) is 1. The molecule has 3 aromatic rings. The van der Waals surface area contributed by atoms with E-state index in [0.29, 0.717) is 28.8 Å². The van der Waals surface area contributed by atoms with Crippen molar-refractivity contribution in [2.24, 2.45) is 5.92 Å². The van der Waals surface area contributed by atoms with Gasteiger partial charge in [-0.15, -0.1) is 0 Å². The van der Waals surface area contributed by atoms with Crippen molar-refractivity contribution in [1.82, 2.24) is 9.97 Å². The summed E-state index contributed by atoms with van der Waals surface area (Å²) < 4.78 is 13.3. The van der Waals surface area contributed by atoms with Gasteiger partial charge in [0.05, 0.1) is 11.3 Å². The summed E-state index contributed by atoms with van der Waals surface area (Å²) in [6, 6.07) is 13.9. The number of nitrogens with one attached hydrogen (secondary N) is 1. The number of halogens is 2. The van der Waals surface area contributed by atoms with Gasteiger partial charge in [-0.05, 0) is 60.9 Å². The molecule has 0 radical (unpaired) electrons. The highest BCUT2D eigenvalue weighted by Crippen LogP contribution is 2.32. The minimum absolute atomic E-state index is 0.0768. The Bertz CT molecular complexity index is 1160. The highest BCUT2D eigenvalue weighted by Gasteiger charge is 2.30. The average molecular weight is 466 g/mol. The Balaban J connectivity index is 1.42. The van der Waals surface area contributed by atoms with Crippen LogP contribution in [0.15, 0.2) is 48.5 Å². The Morgan fingerprint density at radius 2 is 1.61 bits per heavy atom. The van der Waals surface area contributed by atoms with Crippen LogP contribution < -0.4 is 15.1 Å². The summed E-state index contributed by atoms with van der Waals surface area (Å²) >= 11 is 6.02. The molecule has 2 heterocycles. The van der Waals surface area contributed by atoms with Crippen molar-refractivity contribution in [2.75, 3.05) is 41.3 Å². The van der Waals surface area contributed by atoms with Crippen LogP contribution in [0.5, 0.6) is 0 Å². The summed E-state index contributed by atoms with van der Waals surface area (Å²) in [5.74, 6) is 1.28. The van der Waals surface area contributed by atoms with Crippen molar-refractivity contribution < 1.29 is 9.18 Å². The fraction of sp³-hybridized carbons (Fsp3) is 0.320. The maximum Gasteiger partial charge on any atom is 0.227 e. The van der Waals surface area contributed by atoms with Crippen molar-refractivity contribution >= 4 is 40.5 Å². The summed E-state index contributed by atoms with van der Waals surface area (Å²) in [6.45, 7) is 5.11. The van der Waals surface area contributed by atoms with E-state index >= 15 is 0 Å². The molecule has 1 N–H and O–H groups in total. The molecule has 8 heteroatoms. The van der Waals surface area contributed by atoms with Gasteiger partial charge in [0.2, 0.25) is 5.95 Å². The van der Waals surface area contributed by atoms with Gasteiger partial charge in [-0.25, -0.2) is 9.37 Å². The van der Waals surface area contributed by atoms with Crippen LogP contribution in [-0.4, -0.2) is 41.9 Å². The van der Waals surface area contributed by atoms with E-state index in [1.807, 2.05) is 24.3 Å². The zero-order chi connectivity index (χ0) is 22.9. The van der Waals surface area contributed by atoms with Crippen LogP contribution in [0.3, 0.4) is 0 Å². The van der Waals surface area contributed by atoms with E-state index in [2.05, 4.69) is 22.0 Å². The molecule has 0 bridgehead atoms. The number of nitrogens with zero attached hydrogens (tertiary/aromatic N) is 4. The fourth-order valence-corrected chi connectivity index (χ4v) is 4.60. The highest BCUT2D eigenvalue weighted by atomic mass is 35.5. The molecule has 1 atom stereocenters. The number of ketones is 1. The zero-order valence-corrected chi connectivity index (χ0v) is 19.1. The molecule has 1 unspecified atom stereocenters. The van der Waals surface area contributed by atoms with Crippen LogP contribution in [-0.2, 0) is 6.42 Å². The monoisotopic (exact) mass is 465 g/mol. The predicted octanol–water partition coefficient (Wildman–Crippen LogP) is 5.10. The number of anilines is 4. The third-order valence-corrected chi connectivity index (χ3v) is 6.44. The summed E-state index contributed by atoms with van der Waals surface area (Å²) in [7, 11) is 0. The summed E-state index contributed by atoms with van der Waals surface area (Å²) in [5.41, 5.74) is 3.23. The molecule has 1 aromatic heterocycles. The first kappa shape index (κ1) is 21.6. The molecule has 0 saturated carbocycles. The number of fused-ring (bicyclic) bond motifs is 1. The van der Waals surface area contributed by atoms with Crippen molar-refractivity contribution in [3.8, 4) is 0 Å². The number of hydrogen-bond donors (Lipinski definition) is 1. The summed E-state index contributed by atoms with van der Waals surface area (Å²) in [4.78, 5) is 26.9. The summed E-state index contributed by atoms with van der Waals surface area (Å²) in [6.07, 6.45) is 1.25. The first-order chi connectivity index (χ1) is 16.0. The molecular weight excluding hydrogens is 441 g/mol. The van der Waals surface area contributed by atoms with E-state index in [9.17, 15) is 9.18 Å². The Hall–Kier alpha value is -3.19. The third-order valence-electron chi connectivity index (χ3n) is 6.19. The van der Waals surface area contributed by atoms with Gasteiger partial charge in [0.15, 0.2) is 5.78 Å². The molecule has 1 fully saturated rings. The molecule has 0 spiro atoms. The first-order valence-corrected chi connectivity index (χ1v) is 11.6. The first-order valence-electron chi connectivity index (χ1n) is 11.2. The molecular formula is C25H25ClFN5O. The number of benzene rings is 2. The fourth-order valence-electron chi connectivity index (χ4n) is 4.47. The highest BCUT2D eigenvalue weighted by molar-refractivity contribution is 6.30. The van der Waals surface area contributed by atoms with Crippen molar-refractivity contribution in [3.63, 3.8) is 0 Å². The molecule has 6 nitrogen and oxygen atoms in total. The average Bonchev–Trinajstić information content (AvgIpc) is 2.80. The van der Waals surface area contributed by atoms with E-state index in [4.69, 9.17) is 21.6 Å². The van der Waals surface area contributed by atoms with Gasteiger partial charge in [-0.3, -0.25) is 4.79 Å². The van der Waals surface area contributed by atoms with Crippen LogP contribution in [0.25, 0.3) is 0 Å². The molecule has 1 aliphatic carbocycles. The lowest BCUT2D eigenvalue weighted by Gasteiger charge is -2.36. The molecule has 0 amide bonds. The van der Waals surface area contributed by atoms with Crippen molar-refractivity contribution in [1.29, 1.82) is 0 Å². The second-order valence-electron chi connectivity index (χ2n) is 8.71. The van der Waals surface area contributed by atoms with Gasteiger partial charge >= 0.3 is 0 Å². The number of carbonyl (C=O) groups is 1. The quantitative estimate of drug-likeness (QED) is 0.578. The lowest BCUT2D eigenvalue weighted by Crippen LogP contribution is -2.47. The van der Waals surface area contributed by atoms with Gasteiger partial charge < -0.3 is 15.1 Å². The SMILES string of the molecule is CC1CC(=O)c2c(nc(N3CCN(c4ccc(F)cc4)CC3)nc2Nc2ccc(Cl)cc2)C1. The van der Waals surface area contributed by atoms with Gasteiger partial charge in [0.25, 0.3) is 0 Å². The maximum absolute atomic E-state index is 13.3. The van der Waals surface area contributed by atoms with E-state index in [-0.39, 0.29) is 17.5 Å². The standard InChI is InChI=1S/C25H25ClFN5O/c1-16-14-21-23(22(33)15-16)24(28-19-6-2-17(26)3-7-19)30-25(29-21)32-12-10-31(11-13-32)20-8-4-18(27)5-9-20/h2-9,16H,10-15H2,1H3,(H,28,29,30). The largest absolute Gasteiger partial charge is 0.368 e. The predicted molar refractivity (Wildman–Crippen MR) is 129 cm³/mol. The minimum atomic E-state index is -0.232. The molecule has 2 aliphatic rings. The van der Waals surface area contributed by atoms with Crippen LogP contribution in [0.1, 0.15) is 29.4 Å². The second-order valence-corrected chi connectivity index (χ2v) is 9.15. The molecule has 2 aromatic carbocycles. The number of rotatable bonds is 4. The molecule has 1 aliphatic heterocycles. The number of carbonyl (C=O) groups excluding carboxylic acids is 1. The zero-order valence-electron chi connectivity index (χ0n) is 18.4. The lowest BCUT2D eigenvalue weighted by atomic mass is 9.87. The Labute approximate surface area is 197 Å². The van der Waals surface area contributed by atoms with Crippen LogP contribution in [0.2, 0.25) is 5.02 Å². The van der Waals surface area contributed by atoms with E-state index in [1.54, 1.807) is 12.1 Å². The van der Waals surface area contributed by atoms with Gasteiger partial charge in [0, 0.05) is 49.0 Å². The third kappa shape index (κ3) is 4.64. The maximum atomic E-state index is 13.3. The molecule has 1 saturated heterocycles. The normalized spacial score (nSPS) is 18.3. The molecule has 33 heavy (non-hydrogen) atoms. The van der Waals surface area contributed by atoms with Gasteiger partial charge in [-0.2, -0.15) is 4.98 Å². The summed E-state index contributed by atoms with van der Waals surface area (Å²) in [5, 5.41) is 3.97. The van der Waals surface area contributed by atoms with Gasteiger partial charge in [-0.1, -0.05) is 18.5 Å². The van der Waals surface area contributed by atoms with Crippen LogP contribution >= 0.6 is 11.6 Å². The Kier molecular flexibility index (Phi) is 5.89. The van der Waals surface area contributed by atoms with E-state index in [0.717, 1.165) is 49.7 Å². The number of hydrogen-bond acceptors (Lipinski definition) is 6. The second kappa shape index (κ2) is 8.98. The Morgan fingerprint density at radius 1 is 0.939 bits per heavy atom. The van der Waals surface area contributed by atoms with Crippen molar-refractivity contribution in [3.05, 3.63) is 70.6 Å².